The molecule has 1 aromatic heterocycles. The molecule has 2 aromatic rings. The number of rotatable bonds is 4. The predicted octanol–water partition coefficient (Wildman–Crippen LogP) is 3.10. The molecule has 1 aliphatic heterocycles. The van der Waals surface area contributed by atoms with Gasteiger partial charge in [-0.15, -0.1) is 11.6 Å². The lowest BCUT2D eigenvalue weighted by Gasteiger charge is -2.22. The minimum atomic E-state index is -0.464. The summed E-state index contributed by atoms with van der Waals surface area (Å²) in [7, 11) is 0. The molecule has 1 aliphatic rings. The molecular formula is C18H23ClN4OS. The predicted molar refractivity (Wildman–Crippen MR) is 103 cm³/mol. The fraction of sp³-hybridized carbons (Fsp3) is 0.500. The zero-order chi connectivity index (χ0) is 17.8. The van der Waals surface area contributed by atoms with E-state index >= 15 is 0 Å². The van der Waals surface area contributed by atoms with Gasteiger partial charge in [0, 0.05) is 44.1 Å². The van der Waals surface area contributed by atoms with Gasteiger partial charge < -0.3 is 9.80 Å². The lowest BCUT2D eigenvalue weighted by Crippen LogP contribution is -2.38. The first kappa shape index (κ1) is 18.1. The molecule has 0 unspecified atom stereocenters. The number of benzene rings is 1. The van der Waals surface area contributed by atoms with E-state index in [2.05, 4.69) is 40.5 Å². The molecule has 0 N–H and O–H groups in total. The Kier molecular flexibility index (Phi) is 5.91. The Morgan fingerprint density at radius 1 is 1.24 bits per heavy atom. The highest BCUT2D eigenvalue weighted by Gasteiger charge is 2.23. The fourth-order valence-electron chi connectivity index (χ4n) is 2.91. The molecule has 134 valence electrons. The Labute approximate surface area is 157 Å². The molecule has 0 radical (unpaired) electrons. The number of halogens is 1. The number of aromatic nitrogens is 2. The minimum absolute atomic E-state index is 0.0147. The van der Waals surface area contributed by atoms with Gasteiger partial charge >= 0.3 is 0 Å². The Hall–Kier alpha value is -1.66. The van der Waals surface area contributed by atoms with Gasteiger partial charge in [0.2, 0.25) is 11.0 Å². The topological polar surface area (TPSA) is 49.3 Å². The van der Waals surface area contributed by atoms with Crippen molar-refractivity contribution < 1.29 is 4.79 Å². The monoisotopic (exact) mass is 378 g/mol. The molecule has 1 saturated heterocycles. The molecule has 7 heteroatoms. The zero-order valence-electron chi connectivity index (χ0n) is 14.6. The average Bonchev–Trinajstić information content (AvgIpc) is 2.91. The molecule has 1 atom stereocenters. The molecule has 3 rings (SSSR count). The van der Waals surface area contributed by atoms with Crippen LogP contribution in [0.5, 0.6) is 0 Å². The summed E-state index contributed by atoms with van der Waals surface area (Å²) in [5, 5.41) is 0.476. The smallest absolute Gasteiger partial charge is 0.240 e. The van der Waals surface area contributed by atoms with Crippen LogP contribution in [-0.2, 0) is 11.2 Å². The van der Waals surface area contributed by atoms with Crippen LogP contribution in [0.4, 0.5) is 5.13 Å². The van der Waals surface area contributed by atoms with Crippen LogP contribution >= 0.6 is 23.1 Å². The van der Waals surface area contributed by atoms with Crippen molar-refractivity contribution in [2.75, 3.05) is 31.1 Å². The molecule has 2 heterocycles. The van der Waals surface area contributed by atoms with Gasteiger partial charge in [-0.3, -0.25) is 4.79 Å². The van der Waals surface area contributed by atoms with E-state index in [1.54, 1.807) is 6.92 Å². The number of alkyl halides is 1. The van der Waals surface area contributed by atoms with E-state index in [0.29, 0.717) is 6.54 Å². The second-order valence-electron chi connectivity index (χ2n) is 6.44. The summed E-state index contributed by atoms with van der Waals surface area (Å²) in [6, 6.07) is 8.47. The van der Waals surface area contributed by atoms with E-state index in [1.807, 2.05) is 4.90 Å². The number of nitrogens with zero attached hydrogens (tertiary/aromatic N) is 4. The molecule has 0 saturated carbocycles. The third-order valence-corrected chi connectivity index (χ3v) is 5.36. The van der Waals surface area contributed by atoms with Crippen molar-refractivity contribution in [3.05, 3.63) is 41.2 Å². The van der Waals surface area contributed by atoms with Crippen LogP contribution in [0.1, 0.15) is 30.3 Å². The van der Waals surface area contributed by atoms with E-state index < -0.39 is 5.38 Å². The summed E-state index contributed by atoms with van der Waals surface area (Å²) in [6.07, 6.45) is 1.67. The lowest BCUT2D eigenvalue weighted by molar-refractivity contribution is -0.130. The van der Waals surface area contributed by atoms with Crippen molar-refractivity contribution >= 4 is 34.2 Å². The maximum atomic E-state index is 12.1. The van der Waals surface area contributed by atoms with Crippen molar-refractivity contribution in [3.63, 3.8) is 0 Å². The summed E-state index contributed by atoms with van der Waals surface area (Å²) < 4.78 is 4.51. The number of aryl methyl sites for hydroxylation is 1. The van der Waals surface area contributed by atoms with Gasteiger partial charge in [0.25, 0.3) is 0 Å². The summed E-state index contributed by atoms with van der Waals surface area (Å²) in [5.41, 5.74) is 2.48. The number of carbonyl (C=O) groups is 1. The standard InChI is InChI=1S/C18H23ClN4OS/c1-13-4-6-15(7-5-13)12-16-20-18(25-21-16)23-9-3-8-22(10-11-23)17(24)14(2)19/h4-7,14H,3,8-12H2,1-2H3/t14-/m1/s1. The van der Waals surface area contributed by atoms with Gasteiger partial charge in [0.05, 0.1) is 0 Å². The van der Waals surface area contributed by atoms with Gasteiger partial charge in [-0.1, -0.05) is 29.8 Å². The van der Waals surface area contributed by atoms with Gasteiger partial charge in [0.1, 0.15) is 11.2 Å². The molecule has 25 heavy (non-hydrogen) atoms. The van der Waals surface area contributed by atoms with Crippen molar-refractivity contribution in [3.8, 4) is 0 Å². The summed E-state index contributed by atoms with van der Waals surface area (Å²) in [4.78, 5) is 20.9. The van der Waals surface area contributed by atoms with Crippen LogP contribution in [0.3, 0.4) is 0 Å². The first-order chi connectivity index (χ1) is 12.0. The van der Waals surface area contributed by atoms with Gasteiger partial charge in [0.15, 0.2) is 0 Å². The van der Waals surface area contributed by atoms with Gasteiger partial charge in [-0.05, 0) is 25.8 Å². The molecule has 1 aromatic carbocycles. The molecule has 1 amide bonds. The third kappa shape index (κ3) is 4.70. The first-order valence-corrected chi connectivity index (χ1v) is 9.80. The van der Waals surface area contributed by atoms with Crippen molar-refractivity contribution in [2.24, 2.45) is 0 Å². The van der Waals surface area contributed by atoms with Crippen molar-refractivity contribution in [2.45, 2.75) is 32.1 Å². The van der Waals surface area contributed by atoms with Crippen molar-refractivity contribution in [1.82, 2.24) is 14.3 Å². The van der Waals surface area contributed by atoms with E-state index in [1.165, 1.54) is 22.7 Å². The Morgan fingerprint density at radius 2 is 2.00 bits per heavy atom. The van der Waals surface area contributed by atoms with E-state index in [9.17, 15) is 4.79 Å². The number of anilines is 1. The van der Waals surface area contributed by atoms with Gasteiger partial charge in [-0.25, -0.2) is 4.98 Å². The number of hydrogen-bond acceptors (Lipinski definition) is 5. The van der Waals surface area contributed by atoms with Crippen LogP contribution < -0.4 is 4.90 Å². The summed E-state index contributed by atoms with van der Waals surface area (Å²) in [5.74, 6) is 0.872. The van der Waals surface area contributed by atoms with E-state index in [0.717, 1.165) is 43.4 Å². The average molecular weight is 379 g/mol. The zero-order valence-corrected chi connectivity index (χ0v) is 16.2. The maximum absolute atomic E-state index is 12.1. The molecule has 1 fully saturated rings. The maximum Gasteiger partial charge on any atom is 0.240 e. The normalized spacial score (nSPS) is 16.6. The van der Waals surface area contributed by atoms with Crippen LogP contribution in [0.15, 0.2) is 24.3 Å². The van der Waals surface area contributed by atoms with Crippen molar-refractivity contribution in [1.29, 1.82) is 0 Å². The molecule has 0 spiro atoms. The molecule has 0 aliphatic carbocycles. The quantitative estimate of drug-likeness (QED) is 0.767. The van der Waals surface area contributed by atoms with Crippen LogP contribution in [0.2, 0.25) is 0 Å². The second-order valence-corrected chi connectivity index (χ2v) is 7.82. The second kappa shape index (κ2) is 8.15. The Morgan fingerprint density at radius 3 is 2.72 bits per heavy atom. The van der Waals surface area contributed by atoms with Crippen LogP contribution in [0, 0.1) is 6.92 Å². The summed E-state index contributed by atoms with van der Waals surface area (Å²) in [6.45, 7) is 6.91. The van der Waals surface area contributed by atoms with E-state index in [4.69, 9.17) is 16.6 Å². The Balaban J connectivity index is 1.62. The Bertz CT molecular complexity index is 716. The highest BCUT2D eigenvalue weighted by atomic mass is 35.5. The fourth-order valence-corrected chi connectivity index (χ4v) is 3.79. The SMILES string of the molecule is Cc1ccc(Cc2nsc(N3CCCN(C(=O)[C@@H](C)Cl)CC3)n2)cc1. The van der Waals surface area contributed by atoms with Crippen LogP contribution in [-0.4, -0.2) is 51.7 Å². The molecule has 0 bridgehead atoms. The lowest BCUT2D eigenvalue weighted by atomic mass is 10.1. The highest BCUT2D eigenvalue weighted by Crippen LogP contribution is 2.21. The van der Waals surface area contributed by atoms with Gasteiger partial charge in [-0.2, -0.15) is 4.37 Å². The number of hydrogen-bond donors (Lipinski definition) is 0. The first-order valence-electron chi connectivity index (χ1n) is 8.59. The third-order valence-electron chi connectivity index (χ3n) is 4.36. The highest BCUT2D eigenvalue weighted by molar-refractivity contribution is 7.09. The minimum Gasteiger partial charge on any atom is -0.345 e. The molecule has 5 nitrogen and oxygen atoms in total. The van der Waals surface area contributed by atoms with Crippen LogP contribution in [0.25, 0.3) is 0 Å². The molecular weight excluding hydrogens is 356 g/mol. The van der Waals surface area contributed by atoms with E-state index in [-0.39, 0.29) is 5.91 Å². The summed E-state index contributed by atoms with van der Waals surface area (Å²) >= 11 is 7.37. The largest absolute Gasteiger partial charge is 0.345 e. The number of amides is 1. The number of carbonyl (C=O) groups excluding carboxylic acids is 1.